The van der Waals surface area contributed by atoms with Crippen LogP contribution >= 0.6 is 11.3 Å². The summed E-state index contributed by atoms with van der Waals surface area (Å²) < 4.78 is 4.91. The number of aromatic nitrogens is 2. The molecular formula is C12H15N3O2S. The highest BCUT2D eigenvalue weighted by molar-refractivity contribution is 7.12. The van der Waals surface area contributed by atoms with Crippen molar-refractivity contribution in [1.82, 2.24) is 15.0 Å². The van der Waals surface area contributed by atoms with Crippen LogP contribution in [-0.4, -0.2) is 27.5 Å². The first-order valence-corrected chi connectivity index (χ1v) is 6.62. The van der Waals surface area contributed by atoms with Gasteiger partial charge in [0, 0.05) is 13.5 Å². The van der Waals surface area contributed by atoms with Crippen molar-refractivity contribution in [3.05, 3.63) is 33.6 Å². The Morgan fingerprint density at radius 1 is 1.50 bits per heavy atom. The number of nitrogens with zero attached hydrogens (tertiary/aromatic N) is 3. The van der Waals surface area contributed by atoms with Gasteiger partial charge in [0.05, 0.1) is 11.4 Å². The smallest absolute Gasteiger partial charge is 0.264 e. The van der Waals surface area contributed by atoms with E-state index in [4.69, 9.17) is 4.52 Å². The lowest BCUT2D eigenvalue weighted by Gasteiger charge is -2.18. The zero-order valence-electron chi connectivity index (χ0n) is 10.6. The Morgan fingerprint density at radius 2 is 2.28 bits per heavy atom. The molecule has 2 aromatic heterocycles. The Balaban J connectivity index is 2.14. The third-order valence-corrected chi connectivity index (χ3v) is 3.63. The maximum atomic E-state index is 12.3. The second kappa shape index (κ2) is 5.30. The molecule has 0 bridgehead atoms. The van der Waals surface area contributed by atoms with E-state index in [0.29, 0.717) is 24.8 Å². The molecular weight excluding hydrogens is 250 g/mol. The second-order valence-electron chi connectivity index (χ2n) is 3.98. The van der Waals surface area contributed by atoms with Crippen molar-refractivity contribution in [2.45, 2.75) is 27.3 Å². The summed E-state index contributed by atoms with van der Waals surface area (Å²) in [4.78, 5) is 18.9. The molecule has 6 heteroatoms. The van der Waals surface area contributed by atoms with Gasteiger partial charge in [-0.2, -0.15) is 4.98 Å². The van der Waals surface area contributed by atoms with Crippen LogP contribution in [-0.2, 0) is 6.54 Å². The molecule has 5 nitrogen and oxygen atoms in total. The topological polar surface area (TPSA) is 59.2 Å². The third kappa shape index (κ3) is 2.59. The average Bonchev–Trinajstić information content (AvgIpc) is 2.94. The van der Waals surface area contributed by atoms with Gasteiger partial charge in [-0.15, -0.1) is 11.3 Å². The summed E-state index contributed by atoms with van der Waals surface area (Å²) in [5.74, 6) is 1.07. The van der Waals surface area contributed by atoms with E-state index in [9.17, 15) is 4.79 Å². The van der Waals surface area contributed by atoms with Crippen LogP contribution in [0.3, 0.4) is 0 Å². The largest absolute Gasteiger partial charge is 0.340 e. The Kier molecular flexibility index (Phi) is 3.76. The molecule has 1 amide bonds. The van der Waals surface area contributed by atoms with Gasteiger partial charge in [0.15, 0.2) is 5.82 Å². The Morgan fingerprint density at radius 3 is 2.78 bits per heavy atom. The monoisotopic (exact) mass is 265 g/mol. The number of amides is 1. The molecule has 96 valence electrons. The second-order valence-corrected chi connectivity index (χ2v) is 4.90. The molecule has 0 radical (unpaired) electrons. The highest BCUT2D eigenvalue weighted by Gasteiger charge is 2.19. The van der Waals surface area contributed by atoms with E-state index in [1.54, 1.807) is 11.8 Å². The quantitative estimate of drug-likeness (QED) is 0.851. The average molecular weight is 265 g/mol. The van der Waals surface area contributed by atoms with Gasteiger partial charge in [0.1, 0.15) is 0 Å². The standard InChI is InChI=1S/C12H15N3O2S/c1-4-15(7-10-13-9(3)17-14-10)12(16)11-8(2)5-6-18-11/h5-6H,4,7H2,1-3H3. The SMILES string of the molecule is CCN(Cc1noc(C)n1)C(=O)c1sccc1C. The number of carbonyl (C=O) groups is 1. The van der Waals surface area contributed by atoms with Gasteiger partial charge in [-0.1, -0.05) is 5.16 Å². The lowest BCUT2D eigenvalue weighted by atomic mass is 10.2. The van der Waals surface area contributed by atoms with Crippen molar-refractivity contribution in [1.29, 1.82) is 0 Å². The maximum absolute atomic E-state index is 12.3. The van der Waals surface area contributed by atoms with E-state index in [1.165, 1.54) is 11.3 Å². The van der Waals surface area contributed by atoms with Crippen molar-refractivity contribution < 1.29 is 9.32 Å². The van der Waals surface area contributed by atoms with Gasteiger partial charge >= 0.3 is 0 Å². The van der Waals surface area contributed by atoms with Crippen LogP contribution in [0.1, 0.15) is 33.9 Å². The fourth-order valence-corrected chi connectivity index (χ4v) is 2.53. The van der Waals surface area contributed by atoms with Crippen LogP contribution in [0.5, 0.6) is 0 Å². The molecule has 2 aromatic rings. The minimum atomic E-state index is 0.0208. The number of thiophene rings is 1. The van der Waals surface area contributed by atoms with E-state index < -0.39 is 0 Å². The molecule has 2 rings (SSSR count). The number of hydrogen-bond acceptors (Lipinski definition) is 5. The fraction of sp³-hybridized carbons (Fsp3) is 0.417. The van der Waals surface area contributed by atoms with Crippen molar-refractivity contribution >= 4 is 17.2 Å². The van der Waals surface area contributed by atoms with E-state index in [0.717, 1.165) is 10.4 Å². The van der Waals surface area contributed by atoms with Gasteiger partial charge in [-0.05, 0) is 30.9 Å². The summed E-state index contributed by atoms with van der Waals surface area (Å²) >= 11 is 1.46. The number of aryl methyl sites for hydroxylation is 2. The minimum absolute atomic E-state index is 0.0208. The number of hydrogen-bond donors (Lipinski definition) is 0. The predicted octanol–water partition coefficient (Wildman–Crippen LogP) is 2.41. The molecule has 0 saturated heterocycles. The van der Waals surface area contributed by atoms with Crippen molar-refractivity contribution in [2.75, 3.05) is 6.54 Å². The van der Waals surface area contributed by atoms with Crippen LogP contribution in [0, 0.1) is 13.8 Å². The zero-order chi connectivity index (χ0) is 13.1. The van der Waals surface area contributed by atoms with Crippen LogP contribution in [0.25, 0.3) is 0 Å². The normalized spacial score (nSPS) is 10.6. The molecule has 0 fully saturated rings. The molecule has 18 heavy (non-hydrogen) atoms. The first kappa shape index (κ1) is 12.8. The third-order valence-electron chi connectivity index (χ3n) is 2.63. The van der Waals surface area contributed by atoms with E-state index in [2.05, 4.69) is 10.1 Å². The molecule has 0 atom stereocenters. The number of carbonyl (C=O) groups excluding carboxylic acids is 1. The summed E-state index contributed by atoms with van der Waals surface area (Å²) in [7, 11) is 0. The van der Waals surface area contributed by atoms with Crippen LogP contribution in [0.15, 0.2) is 16.0 Å². The van der Waals surface area contributed by atoms with Gasteiger partial charge < -0.3 is 9.42 Å². The summed E-state index contributed by atoms with van der Waals surface area (Å²) in [5, 5.41) is 5.74. The molecule has 0 aliphatic rings. The molecule has 0 aromatic carbocycles. The Labute approximate surface area is 109 Å². The van der Waals surface area contributed by atoms with Crippen molar-refractivity contribution in [3.63, 3.8) is 0 Å². The summed E-state index contributed by atoms with van der Waals surface area (Å²) in [6.45, 7) is 6.61. The summed E-state index contributed by atoms with van der Waals surface area (Å²) in [5.41, 5.74) is 1.01. The predicted molar refractivity (Wildman–Crippen MR) is 68.5 cm³/mol. The summed E-state index contributed by atoms with van der Waals surface area (Å²) in [6.07, 6.45) is 0. The molecule has 0 aliphatic heterocycles. The van der Waals surface area contributed by atoms with Gasteiger partial charge in [0.2, 0.25) is 5.89 Å². The van der Waals surface area contributed by atoms with Gasteiger partial charge in [-0.25, -0.2) is 0 Å². The van der Waals surface area contributed by atoms with Gasteiger partial charge in [-0.3, -0.25) is 4.79 Å². The lowest BCUT2D eigenvalue weighted by molar-refractivity contribution is 0.0751. The van der Waals surface area contributed by atoms with E-state index in [-0.39, 0.29) is 5.91 Å². The molecule has 0 aliphatic carbocycles. The highest BCUT2D eigenvalue weighted by Crippen LogP contribution is 2.18. The molecule has 0 saturated carbocycles. The first-order valence-electron chi connectivity index (χ1n) is 5.74. The molecule has 0 spiro atoms. The zero-order valence-corrected chi connectivity index (χ0v) is 11.5. The summed E-state index contributed by atoms with van der Waals surface area (Å²) in [6, 6.07) is 1.95. The Bertz CT molecular complexity index is 547. The van der Waals surface area contributed by atoms with Crippen molar-refractivity contribution in [3.8, 4) is 0 Å². The van der Waals surface area contributed by atoms with Crippen LogP contribution in [0.2, 0.25) is 0 Å². The van der Waals surface area contributed by atoms with Crippen molar-refractivity contribution in [2.24, 2.45) is 0 Å². The van der Waals surface area contributed by atoms with E-state index >= 15 is 0 Å². The minimum Gasteiger partial charge on any atom is -0.340 e. The molecule has 0 N–H and O–H groups in total. The highest BCUT2D eigenvalue weighted by atomic mass is 32.1. The van der Waals surface area contributed by atoms with Gasteiger partial charge in [0.25, 0.3) is 5.91 Å². The lowest BCUT2D eigenvalue weighted by Crippen LogP contribution is -2.30. The fourth-order valence-electron chi connectivity index (χ4n) is 1.64. The Hall–Kier alpha value is -1.69. The van der Waals surface area contributed by atoms with Crippen LogP contribution in [0.4, 0.5) is 0 Å². The van der Waals surface area contributed by atoms with Crippen LogP contribution < -0.4 is 0 Å². The maximum Gasteiger partial charge on any atom is 0.264 e. The first-order chi connectivity index (χ1) is 8.61. The number of rotatable bonds is 4. The van der Waals surface area contributed by atoms with E-state index in [1.807, 2.05) is 25.3 Å². The molecule has 0 unspecified atom stereocenters. The molecule has 2 heterocycles.